The van der Waals surface area contributed by atoms with Gasteiger partial charge in [0, 0.05) is 6.42 Å². The zero-order valence-corrected chi connectivity index (χ0v) is 13.6. The number of hydrogen-bond acceptors (Lipinski definition) is 5. The van der Waals surface area contributed by atoms with Gasteiger partial charge in [0.1, 0.15) is 5.75 Å². The maximum absolute atomic E-state index is 11.5. The van der Waals surface area contributed by atoms with E-state index < -0.39 is 12.0 Å². The number of rotatable bonds is 8. The molecule has 1 heterocycles. The molecule has 0 spiro atoms. The van der Waals surface area contributed by atoms with Crippen molar-refractivity contribution in [2.45, 2.75) is 39.7 Å². The van der Waals surface area contributed by atoms with Gasteiger partial charge in [0.05, 0.1) is 6.61 Å². The van der Waals surface area contributed by atoms with Gasteiger partial charge >= 0.3 is 5.97 Å². The van der Waals surface area contributed by atoms with Crippen LogP contribution in [0.2, 0.25) is 0 Å². The third-order valence-electron chi connectivity index (χ3n) is 3.43. The molecule has 0 aliphatic heterocycles. The highest BCUT2D eigenvalue weighted by Crippen LogP contribution is 2.20. The second-order valence-electron chi connectivity index (χ2n) is 5.78. The summed E-state index contributed by atoms with van der Waals surface area (Å²) in [5.74, 6) is 0.666. The highest BCUT2D eigenvalue weighted by atomic mass is 16.5. The molecule has 0 aliphatic carbocycles. The second kappa shape index (κ2) is 7.71. The first-order valence-corrected chi connectivity index (χ1v) is 7.72. The third-order valence-corrected chi connectivity index (χ3v) is 3.43. The van der Waals surface area contributed by atoms with Crippen LogP contribution in [0.4, 0.5) is 0 Å². The fraction of sp³-hybridized carbons (Fsp3) is 0.500. The van der Waals surface area contributed by atoms with Crippen LogP contribution in [0.5, 0.6) is 5.75 Å². The summed E-state index contributed by atoms with van der Waals surface area (Å²) in [4.78, 5) is 11.5. The van der Waals surface area contributed by atoms with Crippen molar-refractivity contribution in [1.82, 2.24) is 20.2 Å². The van der Waals surface area contributed by atoms with Crippen LogP contribution in [0.1, 0.15) is 44.6 Å². The van der Waals surface area contributed by atoms with Crippen LogP contribution in [-0.4, -0.2) is 37.9 Å². The Balaban J connectivity index is 2.18. The predicted molar refractivity (Wildman–Crippen MR) is 84.4 cm³/mol. The predicted octanol–water partition coefficient (Wildman–Crippen LogP) is 2.33. The SMILES string of the molecule is CCOc1ccc(Cc2nnnn2C(CC(C)C)C(=O)O)cc1. The number of hydrogen-bond donors (Lipinski definition) is 1. The van der Waals surface area contributed by atoms with E-state index in [1.165, 1.54) is 4.68 Å². The fourth-order valence-corrected chi connectivity index (χ4v) is 2.38. The van der Waals surface area contributed by atoms with Gasteiger partial charge in [0.15, 0.2) is 11.9 Å². The molecule has 124 valence electrons. The first-order valence-electron chi connectivity index (χ1n) is 7.72. The van der Waals surface area contributed by atoms with Crippen LogP contribution in [0.25, 0.3) is 0 Å². The van der Waals surface area contributed by atoms with Gasteiger partial charge in [-0.05, 0) is 47.4 Å². The van der Waals surface area contributed by atoms with E-state index in [9.17, 15) is 9.90 Å². The Kier molecular flexibility index (Phi) is 5.67. The molecule has 2 aromatic rings. The largest absolute Gasteiger partial charge is 0.494 e. The van der Waals surface area contributed by atoms with Crippen molar-refractivity contribution in [3.8, 4) is 5.75 Å². The number of nitrogens with zero attached hydrogens (tertiary/aromatic N) is 4. The number of ether oxygens (including phenoxy) is 1. The van der Waals surface area contributed by atoms with E-state index >= 15 is 0 Å². The van der Waals surface area contributed by atoms with Gasteiger partial charge in [-0.2, -0.15) is 0 Å². The van der Waals surface area contributed by atoms with E-state index in [2.05, 4.69) is 15.5 Å². The van der Waals surface area contributed by atoms with Crippen molar-refractivity contribution >= 4 is 5.97 Å². The monoisotopic (exact) mass is 318 g/mol. The summed E-state index contributed by atoms with van der Waals surface area (Å²) >= 11 is 0. The van der Waals surface area contributed by atoms with Crippen molar-refractivity contribution < 1.29 is 14.6 Å². The van der Waals surface area contributed by atoms with Gasteiger partial charge in [-0.25, -0.2) is 9.48 Å². The van der Waals surface area contributed by atoms with Crippen LogP contribution < -0.4 is 4.74 Å². The van der Waals surface area contributed by atoms with Crippen molar-refractivity contribution in [2.75, 3.05) is 6.61 Å². The van der Waals surface area contributed by atoms with Gasteiger partial charge in [-0.1, -0.05) is 26.0 Å². The first kappa shape index (κ1) is 16.9. The lowest BCUT2D eigenvalue weighted by Gasteiger charge is -2.16. The van der Waals surface area contributed by atoms with E-state index in [-0.39, 0.29) is 5.92 Å². The van der Waals surface area contributed by atoms with E-state index in [1.807, 2.05) is 45.0 Å². The smallest absolute Gasteiger partial charge is 0.328 e. The molecule has 0 saturated carbocycles. The summed E-state index contributed by atoms with van der Waals surface area (Å²) in [6.07, 6.45) is 0.956. The molecule has 0 radical (unpaired) electrons. The average molecular weight is 318 g/mol. The zero-order valence-electron chi connectivity index (χ0n) is 13.6. The molecular weight excluding hydrogens is 296 g/mol. The summed E-state index contributed by atoms with van der Waals surface area (Å²) in [5, 5.41) is 21.0. The van der Waals surface area contributed by atoms with Crippen molar-refractivity contribution in [3.05, 3.63) is 35.7 Å². The number of tetrazole rings is 1. The van der Waals surface area contributed by atoms with Crippen molar-refractivity contribution in [1.29, 1.82) is 0 Å². The first-order chi connectivity index (χ1) is 11.0. The minimum atomic E-state index is -0.918. The molecule has 0 bridgehead atoms. The number of carboxylic acid groups (broad SMARTS) is 1. The van der Waals surface area contributed by atoms with Crippen LogP contribution in [0, 0.1) is 5.92 Å². The Bertz CT molecular complexity index is 637. The van der Waals surface area contributed by atoms with E-state index in [0.717, 1.165) is 11.3 Å². The molecule has 1 aromatic heterocycles. The number of aliphatic carboxylic acids is 1. The minimum Gasteiger partial charge on any atom is -0.494 e. The Morgan fingerprint density at radius 2 is 2.00 bits per heavy atom. The molecule has 0 saturated heterocycles. The molecule has 0 fully saturated rings. The molecule has 0 amide bonds. The molecular formula is C16H22N4O3. The van der Waals surface area contributed by atoms with E-state index in [4.69, 9.17) is 4.74 Å². The van der Waals surface area contributed by atoms with E-state index in [0.29, 0.717) is 25.3 Å². The maximum Gasteiger partial charge on any atom is 0.328 e. The lowest BCUT2D eigenvalue weighted by atomic mass is 10.0. The molecule has 1 atom stereocenters. The number of benzene rings is 1. The zero-order chi connectivity index (χ0) is 16.8. The van der Waals surface area contributed by atoms with Crippen LogP contribution >= 0.6 is 0 Å². The highest BCUT2D eigenvalue weighted by molar-refractivity contribution is 5.71. The second-order valence-corrected chi connectivity index (χ2v) is 5.78. The third kappa shape index (κ3) is 4.51. The Hall–Kier alpha value is -2.44. The number of carbonyl (C=O) groups is 1. The fourth-order valence-electron chi connectivity index (χ4n) is 2.38. The lowest BCUT2D eigenvalue weighted by molar-refractivity contribution is -0.141. The van der Waals surface area contributed by atoms with Crippen LogP contribution in [0.15, 0.2) is 24.3 Å². The Morgan fingerprint density at radius 3 is 2.57 bits per heavy atom. The summed E-state index contributed by atoms with van der Waals surface area (Å²) in [6, 6.07) is 6.89. The molecule has 7 nitrogen and oxygen atoms in total. The van der Waals surface area contributed by atoms with Crippen LogP contribution in [-0.2, 0) is 11.2 Å². The van der Waals surface area contributed by atoms with Gasteiger partial charge in [-0.15, -0.1) is 5.10 Å². The van der Waals surface area contributed by atoms with Gasteiger partial charge in [0.25, 0.3) is 0 Å². The Morgan fingerprint density at radius 1 is 1.30 bits per heavy atom. The normalized spacial score (nSPS) is 12.3. The maximum atomic E-state index is 11.5. The van der Waals surface area contributed by atoms with Crippen LogP contribution in [0.3, 0.4) is 0 Å². The summed E-state index contributed by atoms with van der Waals surface area (Å²) in [7, 11) is 0. The highest BCUT2D eigenvalue weighted by Gasteiger charge is 2.25. The Labute approximate surface area is 135 Å². The molecule has 1 N–H and O–H groups in total. The standard InChI is InChI=1S/C16H22N4O3/c1-4-23-13-7-5-12(6-8-13)10-15-17-18-19-20(15)14(16(21)22)9-11(2)3/h5-8,11,14H,4,9-10H2,1-3H3,(H,21,22). The van der Waals surface area contributed by atoms with Gasteiger partial charge in [-0.3, -0.25) is 0 Å². The summed E-state index contributed by atoms with van der Waals surface area (Å²) in [5.41, 5.74) is 0.998. The minimum absolute atomic E-state index is 0.235. The average Bonchev–Trinajstić information content (AvgIpc) is 2.94. The van der Waals surface area contributed by atoms with Crippen molar-refractivity contribution in [2.24, 2.45) is 5.92 Å². The summed E-state index contributed by atoms with van der Waals surface area (Å²) in [6.45, 7) is 6.51. The van der Waals surface area contributed by atoms with E-state index in [1.54, 1.807) is 0 Å². The number of carboxylic acids is 1. The lowest BCUT2D eigenvalue weighted by Crippen LogP contribution is -2.24. The quantitative estimate of drug-likeness (QED) is 0.803. The van der Waals surface area contributed by atoms with Gasteiger partial charge < -0.3 is 9.84 Å². The molecule has 7 heteroatoms. The summed E-state index contributed by atoms with van der Waals surface area (Å²) < 4.78 is 6.83. The molecule has 23 heavy (non-hydrogen) atoms. The molecule has 1 aromatic carbocycles. The molecule has 2 rings (SSSR count). The molecule has 1 unspecified atom stereocenters. The van der Waals surface area contributed by atoms with Gasteiger partial charge in [0.2, 0.25) is 0 Å². The van der Waals surface area contributed by atoms with Crippen molar-refractivity contribution in [3.63, 3.8) is 0 Å². The molecule has 0 aliphatic rings. The number of aromatic nitrogens is 4. The topological polar surface area (TPSA) is 90.1 Å².